The van der Waals surface area contributed by atoms with Crippen LogP contribution in [0, 0.1) is 5.92 Å². The van der Waals surface area contributed by atoms with Gasteiger partial charge in [-0.2, -0.15) is 0 Å². The summed E-state index contributed by atoms with van der Waals surface area (Å²) in [6, 6.07) is 1.88. The van der Waals surface area contributed by atoms with E-state index in [4.69, 9.17) is 17.3 Å². The van der Waals surface area contributed by atoms with E-state index in [1.165, 1.54) is 0 Å². The fourth-order valence-electron chi connectivity index (χ4n) is 1.72. The highest BCUT2D eigenvalue weighted by Crippen LogP contribution is 2.27. The Hall–Kier alpha value is -0.800. The molecule has 0 saturated heterocycles. The Bertz CT molecular complexity index is 355. The first-order chi connectivity index (χ1) is 8.13. The summed E-state index contributed by atoms with van der Waals surface area (Å²) in [4.78, 5) is 6.60. The molecule has 0 aliphatic rings. The first-order valence-electron chi connectivity index (χ1n) is 6.22. The van der Waals surface area contributed by atoms with Gasteiger partial charge in [0.25, 0.3) is 0 Å². The Labute approximate surface area is 109 Å². The fraction of sp³-hybridized carbons (Fsp3) is 0.615. The Morgan fingerprint density at radius 1 is 1.47 bits per heavy atom. The summed E-state index contributed by atoms with van der Waals surface area (Å²) in [5.74, 6) is 1.49. The lowest BCUT2D eigenvalue weighted by atomic mass is 10.1. The smallest absolute Gasteiger partial charge is 0.147 e. The molecule has 0 fully saturated rings. The number of nitrogens with two attached hydrogens (primary N) is 1. The van der Waals surface area contributed by atoms with Gasteiger partial charge in [0, 0.05) is 25.8 Å². The third kappa shape index (κ3) is 3.58. The van der Waals surface area contributed by atoms with Crippen molar-refractivity contribution in [2.75, 3.05) is 18.0 Å². The molecule has 1 aromatic heterocycles. The lowest BCUT2D eigenvalue weighted by molar-refractivity contribution is 0.545. The van der Waals surface area contributed by atoms with Crippen molar-refractivity contribution in [3.8, 4) is 0 Å². The Kier molecular flexibility index (Phi) is 5.72. The molecule has 1 heterocycles. The van der Waals surface area contributed by atoms with E-state index < -0.39 is 0 Å². The first kappa shape index (κ1) is 14.3. The zero-order valence-corrected chi connectivity index (χ0v) is 11.7. The number of hydrogen-bond acceptors (Lipinski definition) is 3. The van der Waals surface area contributed by atoms with E-state index in [1.54, 1.807) is 6.20 Å². The van der Waals surface area contributed by atoms with E-state index in [0.717, 1.165) is 30.9 Å². The minimum absolute atomic E-state index is 0.454. The maximum atomic E-state index is 6.32. The standard InChI is InChI=1S/C13H22ClN3/c1-4-10(3)9-17(5-2)13-12(14)11(8-15)6-7-16-13/h6-7,10H,4-5,8-9,15H2,1-3H3. The second-order valence-corrected chi connectivity index (χ2v) is 4.74. The average Bonchev–Trinajstić information content (AvgIpc) is 2.36. The summed E-state index contributed by atoms with van der Waals surface area (Å²) < 4.78 is 0. The maximum Gasteiger partial charge on any atom is 0.147 e. The van der Waals surface area contributed by atoms with Gasteiger partial charge in [0.1, 0.15) is 5.82 Å². The van der Waals surface area contributed by atoms with Crippen molar-refractivity contribution >= 4 is 17.4 Å². The lowest BCUT2D eigenvalue weighted by Gasteiger charge is -2.26. The topological polar surface area (TPSA) is 42.2 Å². The molecule has 3 nitrogen and oxygen atoms in total. The number of anilines is 1. The summed E-state index contributed by atoms with van der Waals surface area (Å²) in [5, 5.41) is 0.695. The number of pyridine rings is 1. The van der Waals surface area contributed by atoms with Crippen molar-refractivity contribution in [1.29, 1.82) is 0 Å². The summed E-state index contributed by atoms with van der Waals surface area (Å²) in [6.07, 6.45) is 2.94. The van der Waals surface area contributed by atoms with Crippen LogP contribution in [0.4, 0.5) is 5.82 Å². The Balaban J connectivity index is 2.95. The molecule has 0 spiro atoms. The minimum atomic E-state index is 0.454. The van der Waals surface area contributed by atoms with Gasteiger partial charge in [-0.15, -0.1) is 0 Å². The van der Waals surface area contributed by atoms with Crippen molar-refractivity contribution in [3.05, 3.63) is 22.8 Å². The van der Waals surface area contributed by atoms with Crippen LogP contribution in [-0.2, 0) is 6.54 Å². The third-order valence-electron chi connectivity index (χ3n) is 3.08. The molecule has 1 atom stereocenters. The van der Waals surface area contributed by atoms with Crippen molar-refractivity contribution in [1.82, 2.24) is 4.98 Å². The number of halogens is 1. The average molecular weight is 256 g/mol. The predicted molar refractivity (Wildman–Crippen MR) is 74.5 cm³/mol. The summed E-state index contributed by atoms with van der Waals surface area (Å²) in [6.45, 7) is 8.90. The van der Waals surface area contributed by atoms with Crippen LogP contribution in [0.25, 0.3) is 0 Å². The molecule has 1 aromatic rings. The van der Waals surface area contributed by atoms with Crippen LogP contribution >= 0.6 is 11.6 Å². The van der Waals surface area contributed by atoms with Crippen molar-refractivity contribution in [2.45, 2.75) is 33.7 Å². The highest BCUT2D eigenvalue weighted by molar-refractivity contribution is 6.33. The van der Waals surface area contributed by atoms with Gasteiger partial charge in [-0.25, -0.2) is 4.98 Å². The molecule has 1 rings (SSSR count). The van der Waals surface area contributed by atoms with E-state index in [9.17, 15) is 0 Å². The molecular weight excluding hydrogens is 234 g/mol. The largest absolute Gasteiger partial charge is 0.355 e. The number of aromatic nitrogens is 1. The maximum absolute atomic E-state index is 6.32. The molecule has 0 amide bonds. The molecule has 2 N–H and O–H groups in total. The van der Waals surface area contributed by atoms with Gasteiger partial charge in [-0.1, -0.05) is 31.9 Å². The third-order valence-corrected chi connectivity index (χ3v) is 3.49. The quantitative estimate of drug-likeness (QED) is 0.850. The Morgan fingerprint density at radius 3 is 2.71 bits per heavy atom. The molecule has 0 saturated carbocycles. The second kappa shape index (κ2) is 6.82. The molecule has 96 valence electrons. The van der Waals surface area contributed by atoms with Crippen LogP contribution in [0.2, 0.25) is 5.02 Å². The van der Waals surface area contributed by atoms with E-state index in [2.05, 4.69) is 30.7 Å². The summed E-state index contributed by atoms with van der Waals surface area (Å²) in [5.41, 5.74) is 6.62. The molecule has 0 aliphatic carbocycles. The van der Waals surface area contributed by atoms with Crippen LogP contribution < -0.4 is 10.6 Å². The highest BCUT2D eigenvalue weighted by Gasteiger charge is 2.14. The van der Waals surface area contributed by atoms with Gasteiger partial charge in [-0.05, 0) is 24.5 Å². The number of nitrogens with zero attached hydrogens (tertiary/aromatic N) is 2. The summed E-state index contributed by atoms with van der Waals surface area (Å²) in [7, 11) is 0. The van der Waals surface area contributed by atoms with Crippen LogP contribution in [-0.4, -0.2) is 18.1 Å². The zero-order valence-electron chi connectivity index (χ0n) is 10.9. The SMILES string of the molecule is CCC(C)CN(CC)c1nccc(CN)c1Cl. The van der Waals surface area contributed by atoms with E-state index in [1.807, 2.05) is 6.07 Å². The van der Waals surface area contributed by atoms with Gasteiger partial charge >= 0.3 is 0 Å². The van der Waals surface area contributed by atoms with Gasteiger partial charge in [0.05, 0.1) is 5.02 Å². The lowest BCUT2D eigenvalue weighted by Crippen LogP contribution is -2.29. The van der Waals surface area contributed by atoms with E-state index in [0.29, 0.717) is 17.5 Å². The first-order valence-corrected chi connectivity index (χ1v) is 6.60. The second-order valence-electron chi connectivity index (χ2n) is 4.36. The molecule has 0 radical (unpaired) electrons. The van der Waals surface area contributed by atoms with E-state index >= 15 is 0 Å². The molecule has 17 heavy (non-hydrogen) atoms. The predicted octanol–water partition coefficient (Wildman–Crippen LogP) is 3.07. The molecule has 4 heteroatoms. The minimum Gasteiger partial charge on any atom is -0.355 e. The van der Waals surface area contributed by atoms with Crippen LogP contribution in [0.3, 0.4) is 0 Å². The number of hydrogen-bond donors (Lipinski definition) is 1. The van der Waals surface area contributed by atoms with Crippen LogP contribution in [0.15, 0.2) is 12.3 Å². The number of rotatable bonds is 6. The van der Waals surface area contributed by atoms with Crippen molar-refractivity contribution in [3.63, 3.8) is 0 Å². The molecule has 0 aliphatic heterocycles. The van der Waals surface area contributed by atoms with Crippen molar-refractivity contribution < 1.29 is 0 Å². The van der Waals surface area contributed by atoms with Crippen LogP contribution in [0.5, 0.6) is 0 Å². The molecule has 0 aromatic carbocycles. The zero-order chi connectivity index (χ0) is 12.8. The Morgan fingerprint density at radius 2 is 2.18 bits per heavy atom. The summed E-state index contributed by atoms with van der Waals surface area (Å²) >= 11 is 6.32. The van der Waals surface area contributed by atoms with Gasteiger partial charge in [0.15, 0.2) is 0 Å². The van der Waals surface area contributed by atoms with Crippen LogP contribution in [0.1, 0.15) is 32.8 Å². The monoisotopic (exact) mass is 255 g/mol. The molecule has 1 unspecified atom stereocenters. The molecular formula is C13H22ClN3. The fourth-order valence-corrected chi connectivity index (χ4v) is 2.03. The van der Waals surface area contributed by atoms with Gasteiger partial charge in [-0.3, -0.25) is 0 Å². The normalized spacial score (nSPS) is 12.5. The van der Waals surface area contributed by atoms with Crippen molar-refractivity contribution in [2.24, 2.45) is 11.7 Å². The van der Waals surface area contributed by atoms with E-state index in [-0.39, 0.29) is 0 Å². The highest BCUT2D eigenvalue weighted by atomic mass is 35.5. The van der Waals surface area contributed by atoms with Gasteiger partial charge < -0.3 is 10.6 Å². The molecule has 0 bridgehead atoms. The van der Waals surface area contributed by atoms with Gasteiger partial charge in [0.2, 0.25) is 0 Å².